The van der Waals surface area contributed by atoms with Gasteiger partial charge in [0.15, 0.2) is 12.2 Å². The van der Waals surface area contributed by atoms with Crippen molar-refractivity contribution in [3.63, 3.8) is 0 Å². The Kier molecular flexibility index (Phi) is 5.06. The number of carbonyl (C=O) groups excluding carboxylic acids is 2. The van der Waals surface area contributed by atoms with Crippen molar-refractivity contribution in [3.05, 3.63) is 28.7 Å². The third kappa shape index (κ3) is 4.20. The first-order chi connectivity index (χ1) is 12.0. The van der Waals surface area contributed by atoms with Gasteiger partial charge in [0.1, 0.15) is 11.8 Å². The Hall–Kier alpha value is -2.77. The molecule has 0 saturated carbocycles. The zero-order chi connectivity index (χ0) is 17.8. The number of hydrogen-bond donors (Lipinski definition) is 2. The Morgan fingerprint density at radius 2 is 2.08 bits per heavy atom. The molecule has 1 aliphatic rings. The van der Waals surface area contributed by atoms with Crippen LogP contribution in [0.1, 0.15) is 26.2 Å². The molecule has 25 heavy (non-hydrogen) atoms. The number of rotatable bonds is 5. The van der Waals surface area contributed by atoms with E-state index in [0.29, 0.717) is 16.8 Å². The number of likely N-dealkylation sites (tertiary alicyclic amines) is 1. The number of fused-ring (bicyclic) bond motifs is 1. The Balaban J connectivity index is 1.51. The fourth-order valence-corrected chi connectivity index (χ4v) is 2.90. The molecule has 0 bridgehead atoms. The second-order valence-corrected chi connectivity index (χ2v) is 6.14. The van der Waals surface area contributed by atoms with Crippen molar-refractivity contribution in [2.75, 3.05) is 19.7 Å². The SMILES string of the molecule is C[C@@H](NC(=O)COc1ccc2oc(=O)[nH]c2c1)C(=O)N1CCCCC1. The molecule has 8 nitrogen and oxygen atoms in total. The van der Waals surface area contributed by atoms with Gasteiger partial charge in [-0.1, -0.05) is 0 Å². The smallest absolute Gasteiger partial charge is 0.417 e. The standard InChI is InChI=1S/C17H21N3O5/c1-11(16(22)20-7-3-2-4-8-20)18-15(21)10-24-12-5-6-14-13(9-12)19-17(23)25-14/h5-6,9,11H,2-4,7-8,10H2,1H3,(H,18,21)(H,19,23)/t11-/m1/s1. The van der Waals surface area contributed by atoms with Crippen molar-refractivity contribution in [1.29, 1.82) is 0 Å². The van der Waals surface area contributed by atoms with E-state index < -0.39 is 11.8 Å². The third-order valence-corrected chi connectivity index (χ3v) is 4.18. The lowest BCUT2D eigenvalue weighted by atomic mass is 10.1. The quantitative estimate of drug-likeness (QED) is 0.840. The average Bonchev–Trinajstić information content (AvgIpc) is 2.99. The van der Waals surface area contributed by atoms with Gasteiger partial charge in [0.25, 0.3) is 5.91 Å². The first-order valence-electron chi connectivity index (χ1n) is 8.37. The molecule has 2 aromatic rings. The summed E-state index contributed by atoms with van der Waals surface area (Å²) in [4.78, 5) is 39.7. The summed E-state index contributed by atoms with van der Waals surface area (Å²) in [7, 11) is 0. The van der Waals surface area contributed by atoms with Gasteiger partial charge in [0.2, 0.25) is 5.91 Å². The average molecular weight is 347 g/mol. The predicted octanol–water partition coefficient (Wildman–Crippen LogP) is 1.02. The highest BCUT2D eigenvalue weighted by Gasteiger charge is 2.23. The van der Waals surface area contributed by atoms with Crippen LogP contribution in [-0.4, -0.2) is 47.4 Å². The summed E-state index contributed by atoms with van der Waals surface area (Å²) in [6.45, 7) is 2.96. The van der Waals surface area contributed by atoms with Gasteiger partial charge in [-0.05, 0) is 38.3 Å². The minimum atomic E-state index is -0.582. The lowest BCUT2D eigenvalue weighted by molar-refractivity contribution is -0.137. The van der Waals surface area contributed by atoms with Gasteiger partial charge in [-0.2, -0.15) is 0 Å². The molecule has 2 heterocycles. The zero-order valence-corrected chi connectivity index (χ0v) is 14.0. The molecule has 0 radical (unpaired) electrons. The number of ether oxygens (including phenoxy) is 1. The Morgan fingerprint density at radius 3 is 2.84 bits per heavy atom. The molecule has 1 aliphatic heterocycles. The number of amides is 2. The van der Waals surface area contributed by atoms with Gasteiger partial charge in [-0.25, -0.2) is 4.79 Å². The topological polar surface area (TPSA) is 105 Å². The lowest BCUT2D eigenvalue weighted by Gasteiger charge is -2.29. The number of nitrogens with zero attached hydrogens (tertiary/aromatic N) is 1. The largest absolute Gasteiger partial charge is 0.484 e. The molecule has 2 amide bonds. The summed E-state index contributed by atoms with van der Waals surface area (Å²) in [6.07, 6.45) is 3.16. The fourth-order valence-electron chi connectivity index (χ4n) is 2.90. The van der Waals surface area contributed by atoms with Crippen molar-refractivity contribution in [2.45, 2.75) is 32.2 Å². The van der Waals surface area contributed by atoms with Gasteiger partial charge in [0, 0.05) is 19.2 Å². The summed E-state index contributed by atoms with van der Waals surface area (Å²) in [6, 6.07) is 4.19. The van der Waals surface area contributed by atoms with E-state index in [4.69, 9.17) is 9.15 Å². The van der Waals surface area contributed by atoms with Gasteiger partial charge in [-0.15, -0.1) is 0 Å². The maximum absolute atomic E-state index is 12.3. The van der Waals surface area contributed by atoms with Gasteiger partial charge >= 0.3 is 5.76 Å². The normalized spacial score (nSPS) is 15.8. The Bertz CT molecular complexity index is 819. The second kappa shape index (κ2) is 7.42. The number of oxazole rings is 1. The third-order valence-electron chi connectivity index (χ3n) is 4.18. The molecule has 3 rings (SSSR count). The summed E-state index contributed by atoms with van der Waals surface area (Å²) >= 11 is 0. The number of piperidine rings is 1. The van der Waals surface area contributed by atoms with E-state index in [2.05, 4.69) is 10.3 Å². The molecule has 1 aromatic heterocycles. The van der Waals surface area contributed by atoms with E-state index in [9.17, 15) is 14.4 Å². The molecular weight excluding hydrogens is 326 g/mol. The predicted molar refractivity (Wildman–Crippen MR) is 90.4 cm³/mol. The molecule has 0 unspecified atom stereocenters. The highest BCUT2D eigenvalue weighted by Crippen LogP contribution is 2.18. The van der Waals surface area contributed by atoms with E-state index in [1.807, 2.05) is 0 Å². The minimum absolute atomic E-state index is 0.0644. The van der Waals surface area contributed by atoms with Crippen LogP contribution < -0.4 is 15.8 Å². The second-order valence-electron chi connectivity index (χ2n) is 6.14. The summed E-state index contributed by atoms with van der Waals surface area (Å²) in [5, 5.41) is 2.66. The van der Waals surface area contributed by atoms with E-state index in [1.54, 1.807) is 30.0 Å². The Morgan fingerprint density at radius 1 is 1.32 bits per heavy atom. The van der Waals surface area contributed by atoms with Crippen molar-refractivity contribution in [2.24, 2.45) is 0 Å². The van der Waals surface area contributed by atoms with Crippen LogP contribution in [0.4, 0.5) is 0 Å². The first-order valence-corrected chi connectivity index (χ1v) is 8.37. The van der Waals surface area contributed by atoms with Crippen LogP contribution in [0, 0.1) is 0 Å². The molecule has 2 N–H and O–H groups in total. The summed E-state index contributed by atoms with van der Waals surface area (Å²) in [5.41, 5.74) is 0.916. The molecular formula is C17H21N3O5. The van der Waals surface area contributed by atoms with E-state index in [-0.39, 0.29) is 18.4 Å². The van der Waals surface area contributed by atoms with Crippen molar-refractivity contribution < 1.29 is 18.7 Å². The summed E-state index contributed by atoms with van der Waals surface area (Å²) < 4.78 is 10.3. The van der Waals surface area contributed by atoms with Crippen molar-refractivity contribution in [1.82, 2.24) is 15.2 Å². The first kappa shape index (κ1) is 17.1. The molecule has 0 spiro atoms. The van der Waals surface area contributed by atoms with Crippen LogP contribution in [0.3, 0.4) is 0 Å². The summed E-state index contributed by atoms with van der Waals surface area (Å²) in [5.74, 6) is -0.561. The van der Waals surface area contributed by atoms with Crippen LogP contribution in [0.25, 0.3) is 11.1 Å². The van der Waals surface area contributed by atoms with Gasteiger partial charge in [0.05, 0.1) is 5.52 Å². The van der Waals surface area contributed by atoms with Crippen molar-refractivity contribution in [3.8, 4) is 5.75 Å². The molecule has 1 aromatic carbocycles. The van der Waals surface area contributed by atoms with Crippen LogP contribution in [0.5, 0.6) is 5.75 Å². The maximum Gasteiger partial charge on any atom is 0.417 e. The molecule has 1 atom stereocenters. The van der Waals surface area contributed by atoms with Crippen LogP contribution in [0.2, 0.25) is 0 Å². The number of aromatic amines is 1. The highest BCUT2D eigenvalue weighted by molar-refractivity contribution is 5.88. The monoisotopic (exact) mass is 347 g/mol. The molecule has 134 valence electrons. The highest BCUT2D eigenvalue weighted by atomic mass is 16.5. The number of carbonyl (C=O) groups is 2. The van der Waals surface area contributed by atoms with E-state index >= 15 is 0 Å². The molecule has 0 aliphatic carbocycles. The van der Waals surface area contributed by atoms with E-state index in [0.717, 1.165) is 32.4 Å². The van der Waals surface area contributed by atoms with Gasteiger partial charge < -0.3 is 19.4 Å². The number of benzene rings is 1. The van der Waals surface area contributed by atoms with Crippen molar-refractivity contribution >= 4 is 22.9 Å². The number of aromatic nitrogens is 1. The minimum Gasteiger partial charge on any atom is -0.484 e. The molecule has 1 saturated heterocycles. The van der Waals surface area contributed by atoms with Gasteiger partial charge in [-0.3, -0.25) is 14.6 Å². The zero-order valence-electron chi connectivity index (χ0n) is 14.0. The molecule has 8 heteroatoms. The number of hydrogen-bond acceptors (Lipinski definition) is 5. The maximum atomic E-state index is 12.3. The Labute approximate surface area is 144 Å². The molecule has 1 fully saturated rings. The van der Waals surface area contributed by atoms with Crippen LogP contribution >= 0.6 is 0 Å². The van der Waals surface area contributed by atoms with E-state index in [1.165, 1.54) is 0 Å². The van der Waals surface area contributed by atoms with Crippen LogP contribution in [0.15, 0.2) is 27.4 Å². The lowest BCUT2D eigenvalue weighted by Crippen LogP contribution is -2.49. The number of H-pyrrole nitrogens is 1. The fraction of sp³-hybridized carbons (Fsp3) is 0.471. The van der Waals surface area contributed by atoms with Crippen LogP contribution in [-0.2, 0) is 9.59 Å². The number of nitrogens with one attached hydrogen (secondary N) is 2.